The number of halogens is 1. The van der Waals surface area contributed by atoms with Crippen LogP contribution < -0.4 is 4.74 Å². The second-order valence-electron chi connectivity index (χ2n) is 6.86. The molecule has 0 spiro atoms. The molecule has 6 heteroatoms. The number of thioether (sulfide) groups is 1. The van der Waals surface area contributed by atoms with Crippen molar-refractivity contribution in [2.24, 2.45) is 0 Å². The predicted molar refractivity (Wildman–Crippen MR) is 110 cm³/mol. The molecule has 0 bridgehead atoms. The van der Waals surface area contributed by atoms with E-state index < -0.39 is 0 Å². The van der Waals surface area contributed by atoms with Gasteiger partial charge in [0.25, 0.3) is 0 Å². The number of para-hydroxylation sites is 1. The average Bonchev–Trinajstić information content (AvgIpc) is 3.14. The fourth-order valence-corrected chi connectivity index (χ4v) is 5.03. The molecule has 0 saturated carbocycles. The van der Waals surface area contributed by atoms with Gasteiger partial charge >= 0.3 is 0 Å². The van der Waals surface area contributed by atoms with Gasteiger partial charge in [-0.2, -0.15) is 0 Å². The van der Waals surface area contributed by atoms with Gasteiger partial charge < -0.3 is 9.64 Å². The van der Waals surface area contributed by atoms with Crippen molar-refractivity contribution in [1.29, 1.82) is 0 Å². The summed E-state index contributed by atoms with van der Waals surface area (Å²) >= 11 is 7.82. The SMILES string of the molecule is O=C(C1Cc2ccccc2S1)N1CCN(CCOc2ccccc2Cl)CC1. The molecule has 1 fully saturated rings. The molecule has 1 atom stereocenters. The first kappa shape index (κ1) is 18.7. The van der Waals surface area contributed by atoms with Crippen molar-refractivity contribution < 1.29 is 9.53 Å². The van der Waals surface area contributed by atoms with Crippen molar-refractivity contribution in [3.63, 3.8) is 0 Å². The summed E-state index contributed by atoms with van der Waals surface area (Å²) in [4.78, 5) is 18.5. The maximum atomic E-state index is 12.9. The normalized spacial score (nSPS) is 19.7. The standard InChI is InChI=1S/C21H23ClN2O2S/c22-17-6-2-3-7-18(17)26-14-13-23-9-11-24(12-10-23)21(25)20-15-16-5-1-4-8-19(16)27-20/h1-8,20H,9-15H2. The van der Waals surface area contributed by atoms with E-state index in [-0.39, 0.29) is 11.2 Å². The van der Waals surface area contributed by atoms with Crippen LogP contribution in [0.2, 0.25) is 5.02 Å². The lowest BCUT2D eigenvalue weighted by Crippen LogP contribution is -2.51. The van der Waals surface area contributed by atoms with E-state index in [1.807, 2.05) is 35.2 Å². The van der Waals surface area contributed by atoms with Crippen molar-refractivity contribution in [2.75, 3.05) is 39.3 Å². The van der Waals surface area contributed by atoms with Gasteiger partial charge in [-0.25, -0.2) is 0 Å². The Morgan fingerprint density at radius 3 is 2.59 bits per heavy atom. The first-order chi connectivity index (χ1) is 13.2. The molecule has 27 heavy (non-hydrogen) atoms. The van der Waals surface area contributed by atoms with Gasteiger partial charge in [0.15, 0.2) is 0 Å². The first-order valence-corrected chi connectivity index (χ1v) is 10.6. The number of rotatable bonds is 5. The zero-order valence-electron chi connectivity index (χ0n) is 15.1. The fourth-order valence-electron chi connectivity index (χ4n) is 3.56. The molecule has 0 aliphatic carbocycles. The topological polar surface area (TPSA) is 32.8 Å². The maximum absolute atomic E-state index is 12.9. The predicted octanol–water partition coefficient (Wildman–Crippen LogP) is 3.58. The number of carbonyl (C=O) groups excluding carboxylic acids is 1. The molecule has 0 N–H and O–H groups in total. The van der Waals surface area contributed by atoms with Crippen LogP contribution in [0.5, 0.6) is 5.75 Å². The minimum Gasteiger partial charge on any atom is -0.491 e. The van der Waals surface area contributed by atoms with Crippen LogP contribution in [-0.2, 0) is 11.2 Å². The number of carbonyl (C=O) groups is 1. The fraction of sp³-hybridized carbons (Fsp3) is 0.381. The number of hydrogen-bond acceptors (Lipinski definition) is 4. The van der Waals surface area contributed by atoms with Crippen molar-refractivity contribution in [2.45, 2.75) is 16.6 Å². The lowest BCUT2D eigenvalue weighted by Gasteiger charge is -2.35. The van der Waals surface area contributed by atoms with Crippen LogP contribution in [0.25, 0.3) is 0 Å². The van der Waals surface area contributed by atoms with Gasteiger partial charge in [0.2, 0.25) is 5.91 Å². The first-order valence-electron chi connectivity index (χ1n) is 9.34. The Morgan fingerprint density at radius 1 is 1.07 bits per heavy atom. The van der Waals surface area contributed by atoms with Gasteiger partial charge in [-0.15, -0.1) is 11.8 Å². The minimum atomic E-state index is 0.0394. The molecule has 2 aromatic rings. The van der Waals surface area contributed by atoms with Gasteiger partial charge in [-0.05, 0) is 30.2 Å². The van der Waals surface area contributed by atoms with Gasteiger partial charge in [0.1, 0.15) is 12.4 Å². The van der Waals surface area contributed by atoms with E-state index in [9.17, 15) is 4.79 Å². The number of amides is 1. The van der Waals surface area contributed by atoms with Gasteiger partial charge in [-0.3, -0.25) is 9.69 Å². The van der Waals surface area contributed by atoms with Crippen molar-refractivity contribution >= 4 is 29.3 Å². The van der Waals surface area contributed by atoms with E-state index in [0.717, 1.165) is 44.9 Å². The van der Waals surface area contributed by atoms with Gasteiger partial charge in [0, 0.05) is 37.6 Å². The van der Waals surface area contributed by atoms with Crippen LogP contribution >= 0.6 is 23.4 Å². The van der Waals surface area contributed by atoms with Gasteiger partial charge in [-0.1, -0.05) is 41.9 Å². The minimum absolute atomic E-state index is 0.0394. The average molecular weight is 403 g/mol. The Kier molecular flexibility index (Phi) is 5.91. The lowest BCUT2D eigenvalue weighted by molar-refractivity contribution is -0.132. The van der Waals surface area contributed by atoms with Gasteiger partial charge in [0.05, 0.1) is 10.3 Å². The second-order valence-corrected chi connectivity index (χ2v) is 8.52. The molecule has 1 unspecified atom stereocenters. The largest absolute Gasteiger partial charge is 0.491 e. The summed E-state index contributed by atoms with van der Waals surface area (Å²) in [5.74, 6) is 1.01. The van der Waals surface area contributed by atoms with Crippen LogP contribution in [-0.4, -0.2) is 60.3 Å². The van der Waals surface area contributed by atoms with Crippen molar-refractivity contribution in [3.05, 3.63) is 59.1 Å². The number of piperazine rings is 1. The quantitative estimate of drug-likeness (QED) is 0.765. The maximum Gasteiger partial charge on any atom is 0.236 e. The highest BCUT2D eigenvalue weighted by Gasteiger charge is 2.32. The molecular formula is C21H23ClN2O2S. The summed E-state index contributed by atoms with van der Waals surface area (Å²) in [5, 5.41) is 0.681. The summed E-state index contributed by atoms with van der Waals surface area (Å²) in [5.41, 5.74) is 1.30. The Balaban J connectivity index is 1.21. The highest BCUT2D eigenvalue weighted by atomic mass is 35.5. The Hall–Kier alpha value is -1.69. The zero-order chi connectivity index (χ0) is 18.6. The summed E-state index contributed by atoms with van der Waals surface area (Å²) in [6, 6.07) is 15.9. The van der Waals surface area contributed by atoms with Crippen LogP contribution in [0, 0.1) is 0 Å². The molecule has 0 radical (unpaired) electrons. The highest BCUT2D eigenvalue weighted by Crippen LogP contribution is 2.37. The smallest absolute Gasteiger partial charge is 0.236 e. The second kappa shape index (κ2) is 8.55. The molecule has 1 amide bonds. The third kappa shape index (κ3) is 4.42. The molecule has 4 nitrogen and oxygen atoms in total. The van der Waals surface area contributed by atoms with Crippen LogP contribution in [0.15, 0.2) is 53.4 Å². The molecule has 2 aliphatic heterocycles. The summed E-state index contributed by atoms with van der Waals surface area (Å²) in [7, 11) is 0. The van der Waals surface area contributed by atoms with E-state index in [0.29, 0.717) is 11.6 Å². The number of hydrogen-bond donors (Lipinski definition) is 0. The summed E-state index contributed by atoms with van der Waals surface area (Å²) < 4.78 is 5.77. The third-order valence-electron chi connectivity index (χ3n) is 5.11. The van der Waals surface area contributed by atoms with E-state index >= 15 is 0 Å². The molecule has 4 rings (SSSR count). The Morgan fingerprint density at radius 2 is 1.81 bits per heavy atom. The molecule has 2 heterocycles. The van der Waals surface area contributed by atoms with Crippen LogP contribution in [0.4, 0.5) is 0 Å². The van der Waals surface area contributed by atoms with Crippen LogP contribution in [0.3, 0.4) is 0 Å². The number of benzene rings is 2. The Labute approximate surface area is 169 Å². The van der Waals surface area contributed by atoms with Crippen molar-refractivity contribution in [1.82, 2.24) is 9.80 Å². The molecule has 2 aliphatic rings. The highest BCUT2D eigenvalue weighted by molar-refractivity contribution is 8.01. The van der Waals surface area contributed by atoms with E-state index in [1.54, 1.807) is 11.8 Å². The van der Waals surface area contributed by atoms with E-state index in [1.165, 1.54) is 10.5 Å². The molecule has 142 valence electrons. The van der Waals surface area contributed by atoms with E-state index in [2.05, 4.69) is 23.1 Å². The molecular weight excluding hydrogens is 380 g/mol. The third-order valence-corrected chi connectivity index (χ3v) is 6.73. The lowest BCUT2D eigenvalue weighted by atomic mass is 10.1. The summed E-state index contributed by atoms with van der Waals surface area (Å²) in [6.07, 6.45) is 0.853. The number of ether oxygens (including phenoxy) is 1. The van der Waals surface area contributed by atoms with Crippen LogP contribution in [0.1, 0.15) is 5.56 Å². The molecule has 2 aromatic carbocycles. The zero-order valence-corrected chi connectivity index (χ0v) is 16.7. The van der Waals surface area contributed by atoms with Crippen molar-refractivity contribution in [3.8, 4) is 5.75 Å². The number of nitrogens with zero attached hydrogens (tertiary/aromatic N) is 2. The monoisotopic (exact) mass is 402 g/mol. The molecule has 1 saturated heterocycles. The summed E-state index contributed by atoms with van der Waals surface area (Å²) in [6.45, 7) is 4.81. The van der Waals surface area contributed by atoms with E-state index in [4.69, 9.17) is 16.3 Å². The molecule has 0 aromatic heterocycles. The number of fused-ring (bicyclic) bond motifs is 1. The Bertz CT molecular complexity index is 783.